The Labute approximate surface area is 75.4 Å². The number of nitrogens with two attached hydrogens (primary N) is 1. The fourth-order valence-electron chi connectivity index (χ4n) is 0.894. The minimum atomic E-state index is -2.43. The van der Waals surface area contributed by atoms with Gasteiger partial charge in [0.1, 0.15) is 0 Å². The van der Waals surface area contributed by atoms with Crippen LogP contribution in [0.5, 0.6) is 0 Å². The van der Waals surface area contributed by atoms with Crippen molar-refractivity contribution in [2.24, 2.45) is 0 Å². The van der Waals surface area contributed by atoms with E-state index in [2.05, 4.69) is 0 Å². The first-order chi connectivity index (χ1) is 6.11. The smallest absolute Gasteiger partial charge is 0.264 e. The molecule has 0 fully saturated rings. The highest BCUT2D eigenvalue weighted by Crippen LogP contribution is 2.24. The van der Waals surface area contributed by atoms with Crippen LogP contribution < -0.4 is 5.73 Å². The number of anilines is 1. The summed E-state index contributed by atoms with van der Waals surface area (Å²) in [6.45, 7) is 1.64. The minimum absolute atomic E-state index is 0.0185. The second-order valence-electron chi connectivity index (χ2n) is 2.42. The highest BCUT2D eigenvalue weighted by molar-refractivity contribution is 5.44. The molecule has 1 rings (SSSR count). The molecule has 1 nitrogen and oxygen atoms in total. The van der Waals surface area contributed by atoms with Gasteiger partial charge < -0.3 is 5.73 Å². The summed E-state index contributed by atoms with van der Waals surface area (Å²) in [6.07, 6.45) is -2.43. The Morgan fingerprint density at radius 3 is 2.15 bits per heavy atom. The van der Waals surface area contributed by atoms with Crippen molar-refractivity contribution in [1.29, 1.82) is 0 Å². The number of hydrogen-bond donors (Lipinski definition) is 1. The second kappa shape index (κ2) is 5.45. The molecule has 0 saturated heterocycles. The molecule has 0 heterocycles. The van der Waals surface area contributed by atoms with Crippen molar-refractivity contribution in [2.75, 3.05) is 12.9 Å². The molecular formula is C9H12F3N. The third-order valence-electron chi connectivity index (χ3n) is 1.54. The summed E-state index contributed by atoms with van der Waals surface area (Å²) in [5.74, 6) is 0. The molecule has 4 heteroatoms. The number of hydrogen-bond acceptors (Lipinski definition) is 1. The van der Waals surface area contributed by atoms with Gasteiger partial charge in [0, 0.05) is 11.3 Å². The van der Waals surface area contributed by atoms with Crippen LogP contribution in [0, 0.1) is 6.92 Å². The van der Waals surface area contributed by atoms with Crippen LogP contribution in [0.25, 0.3) is 0 Å². The van der Waals surface area contributed by atoms with Gasteiger partial charge in [-0.1, -0.05) is 6.07 Å². The van der Waals surface area contributed by atoms with E-state index in [0.717, 1.165) is 0 Å². The zero-order chi connectivity index (χ0) is 10.4. The predicted molar refractivity (Wildman–Crippen MR) is 47.6 cm³/mol. The number of benzene rings is 1. The number of nitrogen functional groups attached to an aromatic ring is 1. The molecular weight excluding hydrogens is 179 g/mol. The fourth-order valence-corrected chi connectivity index (χ4v) is 0.894. The molecule has 0 aliphatic rings. The van der Waals surface area contributed by atoms with Crippen LogP contribution in [-0.4, -0.2) is 7.18 Å². The topological polar surface area (TPSA) is 26.0 Å². The predicted octanol–water partition coefficient (Wildman–Crippen LogP) is 3.10. The SMILES string of the molecule is CF.Cc1ccc(N)cc1C(F)F. The highest BCUT2D eigenvalue weighted by Gasteiger charge is 2.09. The lowest BCUT2D eigenvalue weighted by atomic mass is 10.1. The Morgan fingerprint density at radius 2 is 1.77 bits per heavy atom. The Kier molecular flexibility index (Phi) is 4.96. The van der Waals surface area contributed by atoms with Crippen molar-refractivity contribution in [1.82, 2.24) is 0 Å². The lowest BCUT2D eigenvalue weighted by Gasteiger charge is -2.04. The molecule has 0 saturated carbocycles. The quantitative estimate of drug-likeness (QED) is 0.678. The molecule has 0 amide bonds. The van der Waals surface area contributed by atoms with Gasteiger partial charge in [0.05, 0.1) is 7.18 Å². The summed E-state index contributed by atoms with van der Waals surface area (Å²) in [4.78, 5) is 0. The summed E-state index contributed by atoms with van der Waals surface area (Å²) in [6, 6.07) is 4.51. The average molecular weight is 191 g/mol. The first-order valence-electron chi connectivity index (χ1n) is 3.63. The summed E-state index contributed by atoms with van der Waals surface area (Å²) in [7, 11) is 0.500. The summed E-state index contributed by atoms with van der Waals surface area (Å²) in [5, 5.41) is 0. The normalized spacial score (nSPS) is 9.38. The van der Waals surface area contributed by atoms with Crippen LogP contribution in [0.2, 0.25) is 0 Å². The molecule has 0 aliphatic carbocycles. The monoisotopic (exact) mass is 191 g/mol. The number of aryl methyl sites for hydroxylation is 1. The Bertz CT molecular complexity index is 261. The number of halogens is 3. The van der Waals surface area contributed by atoms with Gasteiger partial charge in [-0.05, 0) is 24.6 Å². The number of rotatable bonds is 1. The first kappa shape index (κ1) is 11.8. The molecule has 0 radical (unpaired) electrons. The molecule has 13 heavy (non-hydrogen) atoms. The summed E-state index contributed by atoms with van der Waals surface area (Å²) in [5.41, 5.74) is 6.31. The average Bonchev–Trinajstić information content (AvgIpc) is 2.12. The number of alkyl halides is 3. The molecule has 0 aromatic heterocycles. The molecule has 1 aromatic carbocycles. The Morgan fingerprint density at radius 1 is 1.23 bits per heavy atom. The van der Waals surface area contributed by atoms with E-state index >= 15 is 0 Å². The fraction of sp³-hybridized carbons (Fsp3) is 0.333. The van der Waals surface area contributed by atoms with Crippen molar-refractivity contribution in [3.63, 3.8) is 0 Å². The molecule has 0 spiro atoms. The van der Waals surface area contributed by atoms with Crippen LogP contribution in [0.3, 0.4) is 0 Å². The Hall–Kier alpha value is -1.19. The molecule has 0 unspecified atom stereocenters. The van der Waals surface area contributed by atoms with Crippen LogP contribution in [0.15, 0.2) is 18.2 Å². The highest BCUT2D eigenvalue weighted by atomic mass is 19.3. The molecule has 0 aliphatic heterocycles. The van der Waals surface area contributed by atoms with Gasteiger partial charge in [-0.25, -0.2) is 8.78 Å². The van der Waals surface area contributed by atoms with Gasteiger partial charge in [0.15, 0.2) is 0 Å². The van der Waals surface area contributed by atoms with Crippen LogP contribution in [-0.2, 0) is 0 Å². The van der Waals surface area contributed by atoms with Gasteiger partial charge in [-0.2, -0.15) is 0 Å². The van der Waals surface area contributed by atoms with Gasteiger partial charge >= 0.3 is 0 Å². The maximum atomic E-state index is 12.2. The zero-order valence-electron chi connectivity index (χ0n) is 7.52. The van der Waals surface area contributed by atoms with Gasteiger partial charge in [-0.15, -0.1) is 0 Å². The van der Waals surface area contributed by atoms with E-state index < -0.39 is 6.43 Å². The summed E-state index contributed by atoms with van der Waals surface area (Å²) < 4.78 is 33.8. The lowest BCUT2D eigenvalue weighted by molar-refractivity contribution is 0.150. The van der Waals surface area contributed by atoms with Crippen LogP contribution in [0.4, 0.5) is 18.9 Å². The third-order valence-corrected chi connectivity index (χ3v) is 1.54. The van der Waals surface area contributed by atoms with Crippen molar-refractivity contribution >= 4 is 5.69 Å². The van der Waals surface area contributed by atoms with E-state index in [9.17, 15) is 13.2 Å². The molecule has 0 atom stereocenters. The lowest BCUT2D eigenvalue weighted by Crippen LogP contribution is -1.92. The molecule has 1 aromatic rings. The Balaban J connectivity index is 0.000000671. The van der Waals surface area contributed by atoms with Crippen molar-refractivity contribution in [3.05, 3.63) is 29.3 Å². The van der Waals surface area contributed by atoms with E-state index in [1.165, 1.54) is 6.07 Å². The van der Waals surface area contributed by atoms with Gasteiger partial charge in [0.25, 0.3) is 6.43 Å². The van der Waals surface area contributed by atoms with Crippen LogP contribution >= 0.6 is 0 Å². The van der Waals surface area contributed by atoms with Crippen molar-refractivity contribution < 1.29 is 13.2 Å². The molecule has 0 bridgehead atoms. The van der Waals surface area contributed by atoms with Crippen molar-refractivity contribution in [2.45, 2.75) is 13.3 Å². The first-order valence-corrected chi connectivity index (χ1v) is 3.63. The van der Waals surface area contributed by atoms with Crippen molar-refractivity contribution in [3.8, 4) is 0 Å². The molecule has 2 N–H and O–H groups in total. The maximum Gasteiger partial charge on any atom is 0.264 e. The molecule has 74 valence electrons. The largest absolute Gasteiger partial charge is 0.399 e. The van der Waals surface area contributed by atoms with E-state index in [4.69, 9.17) is 5.73 Å². The van der Waals surface area contributed by atoms with E-state index in [-0.39, 0.29) is 5.56 Å². The van der Waals surface area contributed by atoms with Gasteiger partial charge in [0.2, 0.25) is 0 Å². The maximum absolute atomic E-state index is 12.2. The van der Waals surface area contributed by atoms with Gasteiger partial charge in [-0.3, -0.25) is 4.39 Å². The van der Waals surface area contributed by atoms with Crippen LogP contribution in [0.1, 0.15) is 17.6 Å². The second-order valence-corrected chi connectivity index (χ2v) is 2.42. The minimum Gasteiger partial charge on any atom is -0.399 e. The van der Waals surface area contributed by atoms with E-state index in [1.54, 1.807) is 19.1 Å². The summed E-state index contributed by atoms with van der Waals surface area (Å²) >= 11 is 0. The van der Waals surface area contributed by atoms with E-state index in [0.29, 0.717) is 18.4 Å². The standard InChI is InChI=1S/C8H9F2N.CH3F/c1-5-2-3-6(11)4-7(5)8(9)10;1-2/h2-4,8H,11H2,1H3;1H3. The third kappa shape index (κ3) is 3.36. The zero-order valence-corrected chi connectivity index (χ0v) is 7.52. The van der Waals surface area contributed by atoms with E-state index in [1.807, 2.05) is 0 Å².